The lowest BCUT2D eigenvalue weighted by atomic mass is 9.83. The van der Waals surface area contributed by atoms with Crippen molar-refractivity contribution >= 4 is 63.6 Å². The van der Waals surface area contributed by atoms with Crippen LogP contribution in [-0.2, 0) is 33.8 Å². The molecule has 1 heterocycles. The number of amides is 3. The van der Waals surface area contributed by atoms with Crippen LogP contribution in [0.3, 0.4) is 0 Å². The smallest absolute Gasteiger partial charge is 0.341 e. The standard InChI is InChI=1S/C50H47N3O6S2/c1-3-43(48(56)53-49-45(50(57)58-4-2)41-28-25-37(30-44(41)61-49)35-17-10-6-11-18-35)60-40-22-14-21-38(31-40)51-47(55)42(52-46(54)36-19-12-7-13-20-36)29-33-23-26-39(27-24-33)59-32-34-15-8-5-9-16-34/h5-24,26-27,29,31,37,43H,3-4,25,28,30,32H2,1-2H3,(H,51,55)(H,52,54)(H,53,56)/b42-29-. The first-order chi connectivity index (χ1) is 29.8. The summed E-state index contributed by atoms with van der Waals surface area (Å²) >= 11 is 2.83. The molecule has 2 atom stereocenters. The number of carbonyl (C=O) groups excluding carboxylic acids is 4. The fraction of sp³-hybridized carbons (Fsp3) is 0.200. The molecule has 61 heavy (non-hydrogen) atoms. The minimum absolute atomic E-state index is 0.0433. The number of carbonyl (C=O) groups is 4. The van der Waals surface area contributed by atoms with E-state index in [1.54, 1.807) is 55.5 Å². The van der Waals surface area contributed by atoms with Crippen LogP contribution in [0, 0.1) is 0 Å². The molecular weight excluding hydrogens is 803 g/mol. The molecule has 3 amide bonds. The molecule has 0 aliphatic heterocycles. The second kappa shape index (κ2) is 20.7. The van der Waals surface area contributed by atoms with E-state index in [2.05, 4.69) is 28.1 Å². The first kappa shape index (κ1) is 42.7. The Kier molecular flexibility index (Phi) is 14.5. The molecule has 0 spiro atoms. The molecular formula is C50H47N3O6S2. The summed E-state index contributed by atoms with van der Waals surface area (Å²) < 4.78 is 11.4. The zero-order valence-corrected chi connectivity index (χ0v) is 35.7. The molecule has 0 fully saturated rings. The Hall–Kier alpha value is -6.43. The van der Waals surface area contributed by atoms with Gasteiger partial charge in [0.15, 0.2) is 0 Å². The van der Waals surface area contributed by atoms with Crippen molar-refractivity contribution in [2.24, 2.45) is 0 Å². The van der Waals surface area contributed by atoms with E-state index in [1.165, 1.54) is 28.7 Å². The summed E-state index contributed by atoms with van der Waals surface area (Å²) in [6, 6.07) is 43.4. The molecule has 7 rings (SSSR count). The van der Waals surface area contributed by atoms with Gasteiger partial charge in [0.1, 0.15) is 23.1 Å². The zero-order chi connectivity index (χ0) is 42.6. The van der Waals surface area contributed by atoms with Gasteiger partial charge in [0, 0.05) is 21.0 Å². The third-order valence-electron chi connectivity index (χ3n) is 10.3. The van der Waals surface area contributed by atoms with E-state index >= 15 is 0 Å². The molecule has 1 aliphatic rings. The zero-order valence-electron chi connectivity index (χ0n) is 34.0. The molecule has 1 aliphatic carbocycles. The molecule has 11 heteroatoms. The van der Waals surface area contributed by atoms with Gasteiger partial charge in [-0.3, -0.25) is 14.4 Å². The second-order valence-electron chi connectivity index (χ2n) is 14.5. The van der Waals surface area contributed by atoms with Gasteiger partial charge in [-0.1, -0.05) is 104 Å². The summed E-state index contributed by atoms with van der Waals surface area (Å²) in [7, 11) is 0. The summed E-state index contributed by atoms with van der Waals surface area (Å²) in [5, 5.41) is 8.85. The highest BCUT2D eigenvalue weighted by Gasteiger charge is 2.32. The van der Waals surface area contributed by atoms with Gasteiger partial charge in [0.05, 0.1) is 17.4 Å². The second-order valence-corrected chi connectivity index (χ2v) is 16.9. The summed E-state index contributed by atoms with van der Waals surface area (Å²) in [5.74, 6) is -0.601. The van der Waals surface area contributed by atoms with E-state index < -0.39 is 23.0 Å². The number of benzene rings is 5. The molecule has 0 saturated heterocycles. The van der Waals surface area contributed by atoms with Gasteiger partial charge in [-0.05, 0) is 109 Å². The topological polar surface area (TPSA) is 123 Å². The SMILES string of the molecule is CCOC(=O)c1c(NC(=O)C(CC)Sc2cccc(NC(=O)/C(=C/c3ccc(OCc4ccccc4)cc3)NC(=O)c3ccccc3)c2)sc2c1CCC(c1ccccc1)C2. The minimum atomic E-state index is -0.525. The largest absolute Gasteiger partial charge is 0.489 e. The van der Waals surface area contributed by atoms with Crippen LogP contribution in [0.1, 0.15) is 80.5 Å². The van der Waals surface area contributed by atoms with Gasteiger partial charge < -0.3 is 25.4 Å². The third kappa shape index (κ3) is 11.2. The van der Waals surface area contributed by atoms with Crippen LogP contribution in [0.4, 0.5) is 10.7 Å². The Morgan fingerprint density at radius 3 is 2.23 bits per heavy atom. The van der Waals surface area contributed by atoms with E-state index in [9.17, 15) is 19.2 Å². The van der Waals surface area contributed by atoms with Crippen LogP contribution in [0.25, 0.3) is 6.08 Å². The van der Waals surface area contributed by atoms with E-state index in [1.807, 2.05) is 91.9 Å². The number of ether oxygens (including phenoxy) is 2. The van der Waals surface area contributed by atoms with Gasteiger partial charge in [-0.2, -0.15) is 0 Å². The van der Waals surface area contributed by atoms with Crippen molar-refractivity contribution in [3.63, 3.8) is 0 Å². The van der Waals surface area contributed by atoms with Crippen LogP contribution >= 0.6 is 23.1 Å². The van der Waals surface area contributed by atoms with Crippen molar-refractivity contribution in [2.75, 3.05) is 17.2 Å². The van der Waals surface area contributed by atoms with Crippen LogP contribution in [0.5, 0.6) is 5.75 Å². The van der Waals surface area contributed by atoms with E-state index in [-0.39, 0.29) is 18.2 Å². The number of anilines is 2. The molecule has 6 aromatic rings. The predicted molar refractivity (Wildman–Crippen MR) is 244 cm³/mol. The number of nitrogens with one attached hydrogen (secondary N) is 3. The van der Waals surface area contributed by atoms with Gasteiger partial charge in [0.2, 0.25) is 5.91 Å². The number of thiophene rings is 1. The monoisotopic (exact) mass is 849 g/mol. The lowest BCUT2D eigenvalue weighted by Crippen LogP contribution is -2.30. The summed E-state index contributed by atoms with van der Waals surface area (Å²) in [4.78, 5) is 56.3. The average Bonchev–Trinajstić information content (AvgIpc) is 3.65. The number of rotatable bonds is 16. The van der Waals surface area contributed by atoms with Gasteiger partial charge >= 0.3 is 5.97 Å². The summed E-state index contributed by atoms with van der Waals surface area (Å²) in [6.45, 7) is 4.37. The van der Waals surface area contributed by atoms with Gasteiger partial charge in [-0.25, -0.2) is 4.79 Å². The summed E-state index contributed by atoms with van der Waals surface area (Å²) in [6.07, 6.45) is 4.55. The number of thioether (sulfide) groups is 1. The fourth-order valence-electron chi connectivity index (χ4n) is 7.14. The van der Waals surface area contributed by atoms with E-state index in [4.69, 9.17) is 9.47 Å². The molecule has 2 unspecified atom stereocenters. The Bertz CT molecular complexity index is 2490. The highest BCUT2D eigenvalue weighted by Crippen LogP contribution is 2.43. The maximum atomic E-state index is 13.9. The van der Waals surface area contributed by atoms with Gasteiger partial charge in [-0.15, -0.1) is 23.1 Å². The summed E-state index contributed by atoms with van der Waals surface area (Å²) in [5.41, 5.74) is 5.35. The normalized spacial score (nSPS) is 13.9. The Morgan fingerprint density at radius 1 is 0.820 bits per heavy atom. The fourth-order valence-corrected chi connectivity index (χ4v) is 9.47. The Morgan fingerprint density at radius 2 is 1.52 bits per heavy atom. The third-order valence-corrected chi connectivity index (χ3v) is 12.8. The highest BCUT2D eigenvalue weighted by molar-refractivity contribution is 8.00. The molecule has 310 valence electrons. The first-order valence-corrected chi connectivity index (χ1v) is 22.1. The van der Waals surface area contributed by atoms with Crippen LogP contribution in [0.2, 0.25) is 0 Å². The minimum Gasteiger partial charge on any atom is -0.489 e. The van der Waals surface area contributed by atoms with Crippen molar-refractivity contribution in [1.29, 1.82) is 0 Å². The van der Waals surface area contributed by atoms with Crippen molar-refractivity contribution in [3.05, 3.63) is 183 Å². The first-order valence-electron chi connectivity index (χ1n) is 20.4. The predicted octanol–water partition coefficient (Wildman–Crippen LogP) is 10.7. The van der Waals surface area contributed by atoms with Crippen molar-refractivity contribution in [2.45, 2.75) is 62.2 Å². The number of esters is 1. The molecule has 3 N–H and O–H groups in total. The lowest BCUT2D eigenvalue weighted by Gasteiger charge is -2.23. The Balaban J connectivity index is 1.05. The Labute approximate surface area is 364 Å². The average molecular weight is 850 g/mol. The maximum absolute atomic E-state index is 13.9. The lowest BCUT2D eigenvalue weighted by molar-refractivity contribution is -0.116. The number of fused-ring (bicyclic) bond motifs is 1. The molecule has 5 aromatic carbocycles. The molecule has 0 saturated carbocycles. The number of hydrogen-bond donors (Lipinski definition) is 3. The van der Waals surface area contributed by atoms with Crippen molar-refractivity contribution in [1.82, 2.24) is 5.32 Å². The highest BCUT2D eigenvalue weighted by atomic mass is 32.2. The van der Waals surface area contributed by atoms with Crippen molar-refractivity contribution in [3.8, 4) is 5.75 Å². The quantitative estimate of drug-likeness (QED) is 0.0503. The van der Waals surface area contributed by atoms with E-state index in [0.717, 1.165) is 40.2 Å². The van der Waals surface area contributed by atoms with E-state index in [0.29, 0.717) is 52.1 Å². The van der Waals surface area contributed by atoms with Crippen LogP contribution in [-0.4, -0.2) is 35.5 Å². The maximum Gasteiger partial charge on any atom is 0.341 e. The number of hydrogen-bond acceptors (Lipinski definition) is 8. The molecule has 0 bridgehead atoms. The van der Waals surface area contributed by atoms with Crippen LogP contribution in [0.15, 0.2) is 150 Å². The van der Waals surface area contributed by atoms with Gasteiger partial charge in [0.25, 0.3) is 11.8 Å². The van der Waals surface area contributed by atoms with Crippen LogP contribution < -0.4 is 20.7 Å². The molecule has 1 aromatic heterocycles. The van der Waals surface area contributed by atoms with Crippen molar-refractivity contribution < 1.29 is 28.7 Å². The molecule has 0 radical (unpaired) electrons. The molecule has 9 nitrogen and oxygen atoms in total.